The molecule has 0 bridgehead atoms. The summed E-state index contributed by atoms with van der Waals surface area (Å²) in [6, 6.07) is 19.9. The number of rotatable bonds is 2. The van der Waals surface area contributed by atoms with Crippen LogP contribution < -0.4 is 5.73 Å². The Morgan fingerprint density at radius 1 is 0.920 bits per heavy atom. The van der Waals surface area contributed by atoms with Gasteiger partial charge in [0, 0.05) is 18.0 Å². The first kappa shape index (κ1) is 14.0. The second kappa shape index (κ2) is 5.05. The quantitative estimate of drug-likeness (QED) is 0.612. The Kier molecular flexibility index (Phi) is 2.82. The predicted octanol–water partition coefficient (Wildman–Crippen LogP) is 3.60. The first-order valence-corrected chi connectivity index (χ1v) is 8.19. The van der Waals surface area contributed by atoms with Crippen molar-refractivity contribution >= 4 is 11.6 Å². The van der Waals surface area contributed by atoms with Crippen LogP contribution in [0.2, 0.25) is 0 Å². The van der Waals surface area contributed by atoms with E-state index >= 15 is 0 Å². The van der Waals surface area contributed by atoms with Gasteiger partial charge in [-0.3, -0.25) is 4.79 Å². The van der Waals surface area contributed by atoms with Crippen LogP contribution in [-0.4, -0.2) is 15.3 Å². The molecule has 0 radical (unpaired) electrons. The van der Waals surface area contributed by atoms with Crippen LogP contribution in [0.15, 0.2) is 73.1 Å². The molecule has 1 aliphatic carbocycles. The maximum absolute atomic E-state index is 12.1. The van der Waals surface area contributed by atoms with Gasteiger partial charge in [-0.2, -0.15) is 0 Å². The van der Waals surface area contributed by atoms with Crippen molar-refractivity contribution in [1.29, 1.82) is 0 Å². The minimum Gasteiger partial charge on any atom is -0.369 e. The van der Waals surface area contributed by atoms with Gasteiger partial charge in [-0.1, -0.05) is 48.5 Å². The molecule has 0 fully saturated rings. The van der Waals surface area contributed by atoms with Crippen molar-refractivity contribution < 1.29 is 4.79 Å². The molecular weight excluding hydrogens is 310 g/mol. The van der Waals surface area contributed by atoms with Crippen molar-refractivity contribution in [2.75, 3.05) is 0 Å². The third-order valence-electron chi connectivity index (χ3n) is 4.87. The molecule has 0 spiro atoms. The van der Waals surface area contributed by atoms with E-state index in [0.29, 0.717) is 0 Å². The molecular formula is C21H15N3O. The third kappa shape index (κ3) is 1.94. The van der Waals surface area contributed by atoms with Crippen molar-refractivity contribution in [2.45, 2.75) is 5.92 Å². The minimum atomic E-state index is -0.400. The molecule has 4 aromatic rings. The summed E-state index contributed by atoms with van der Waals surface area (Å²) in [4.78, 5) is 16.9. The lowest BCUT2D eigenvalue weighted by molar-refractivity contribution is -0.118. The number of fused-ring (bicyclic) bond motifs is 4. The van der Waals surface area contributed by atoms with Gasteiger partial charge in [0.25, 0.3) is 0 Å². The van der Waals surface area contributed by atoms with Crippen molar-refractivity contribution in [3.63, 3.8) is 0 Å². The molecule has 1 amide bonds. The molecule has 1 aliphatic rings. The topological polar surface area (TPSA) is 60.4 Å². The zero-order valence-electron chi connectivity index (χ0n) is 13.4. The van der Waals surface area contributed by atoms with Crippen LogP contribution in [0.5, 0.6) is 0 Å². The van der Waals surface area contributed by atoms with Crippen molar-refractivity contribution in [3.05, 3.63) is 84.2 Å². The smallest absolute Gasteiger partial charge is 0.229 e. The molecule has 2 heterocycles. The third-order valence-corrected chi connectivity index (χ3v) is 4.87. The minimum absolute atomic E-state index is 0.321. The molecule has 0 saturated heterocycles. The molecule has 2 aromatic carbocycles. The van der Waals surface area contributed by atoms with Gasteiger partial charge in [-0.05, 0) is 34.4 Å². The molecule has 0 saturated carbocycles. The van der Waals surface area contributed by atoms with E-state index in [4.69, 9.17) is 10.7 Å². The zero-order chi connectivity index (χ0) is 17.0. The Bertz CT molecular complexity index is 1110. The largest absolute Gasteiger partial charge is 0.369 e. The van der Waals surface area contributed by atoms with Crippen LogP contribution in [0, 0.1) is 0 Å². The monoisotopic (exact) mass is 325 g/mol. The second-order valence-electron chi connectivity index (χ2n) is 6.28. The lowest BCUT2D eigenvalue weighted by Crippen LogP contribution is -2.20. The summed E-state index contributed by atoms with van der Waals surface area (Å²) in [5, 5.41) is 0. The number of carbonyl (C=O) groups excluding carboxylic acids is 1. The van der Waals surface area contributed by atoms with Crippen LogP contribution in [0.25, 0.3) is 28.0 Å². The predicted molar refractivity (Wildman–Crippen MR) is 97.1 cm³/mol. The van der Waals surface area contributed by atoms with Gasteiger partial charge >= 0.3 is 0 Å². The van der Waals surface area contributed by atoms with E-state index < -0.39 is 5.92 Å². The normalized spacial score (nSPS) is 15.1. The number of hydrogen-bond donors (Lipinski definition) is 1. The number of imidazole rings is 1. The summed E-state index contributed by atoms with van der Waals surface area (Å²) in [5.41, 5.74) is 12.6. The molecule has 1 atom stereocenters. The summed E-state index contributed by atoms with van der Waals surface area (Å²) in [6.07, 6.45) is 4.00. The first-order chi connectivity index (χ1) is 12.2. The molecule has 2 aromatic heterocycles. The summed E-state index contributed by atoms with van der Waals surface area (Å²) >= 11 is 0. The Morgan fingerprint density at radius 2 is 1.68 bits per heavy atom. The molecule has 4 heteroatoms. The lowest BCUT2D eigenvalue weighted by atomic mass is 9.94. The summed E-state index contributed by atoms with van der Waals surface area (Å²) < 4.78 is 2.00. The molecule has 5 rings (SSSR count). The summed E-state index contributed by atoms with van der Waals surface area (Å²) in [7, 11) is 0. The number of nitrogens with two attached hydrogens (primary N) is 1. The number of benzene rings is 2. The van der Waals surface area contributed by atoms with Gasteiger partial charge in [0.15, 0.2) is 0 Å². The zero-order valence-corrected chi connectivity index (χ0v) is 13.4. The second-order valence-corrected chi connectivity index (χ2v) is 6.28. The number of hydrogen-bond acceptors (Lipinski definition) is 2. The van der Waals surface area contributed by atoms with Crippen LogP contribution in [0.4, 0.5) is 0 Å². The van der Waals surface area contributed by atoms with Gasteiger partial charge < -0.3 is 10.1 Å². The highest BCUT2D eigenvalue weighted by Crippen LogP contribution is 2.48. The first-order valence-electron chi connectivity index (χ1n) is 8.19. The van der Waals surface area contributed by atoms with Gasteiger partial charge in [0.2, 0.25) is 5.91 Å². The highest BCUT2D eigenvalue weighted by atomic mass is 16.1. The fourth-order valence-electron chi connectivity index (χ4n) is 3.84. The van der Waals surface area contributed by atoms with E-state index in [0.717, 1.165) is 39.2 Å². The van der Waals surface area contributed by atoms with Gasteiger partial charge in [-0.25, -0.2) is 4.98 Å². The van der Waals surface area contributed by atoms with E-state index in [1.54, 1.807) is 0 Å². The molecule has 120 valence electrons. The highest BCUT2D eigenvalue weighted by Gasteiger charge is 2.34. The fourth-order valence-corrected chi connectivity index (χ4v) is 3.84. The van der Waals surface area contributed by atoms with E-state index in [1.807, 2.05) is 65.3 Å². The van der Waals surface area contributed by atoms with Crippen molar-refractivity contribution in [2.24, 2.45) is 5.73 Å². The van der Waals surface area contributed by atoms with E-state index in [1.165, 1.54) is 0 Å². The molecule has 2 N–H and O–H groups in total. The van der Waals surface area contributed by atoms with Gasteiger partial charge in [0.1, 0.15) is 5.65 Å². The number of nitrogens with zero attached hydrogens (tertiary/aromatic N) is 2. The number of carbonyl (C=O) groups is 1. The van der Waals surface area contributed by atoms with Crippen molar-refractivity contribution in [1.82, 2.24) is 9.38 Å². The van der Waals surface area contributed by atoms with E-state index in [9.17, 15) is 4.79 Å². The Morgan fingerprint density at radius 3 is 2.52 bits per heavy atom. The van der Waals surface area contributed by atoms with Crippen LogP contribution >= 0.6 is 0 Å². The van der Waals surface area contributed by atoms with Crippen LogP contribution in [0.1, 0.15) is 17.0 Å². The molecule has 0 unspecified atom stereocenters. The Labute approximate surface area is 144 Å². The molecule has 25 heavy (non-hydrogen) atoms. The van der Waals surface area contributed by atoms with Crippen LogP contribution in [-0.2, 0) is 4.79 Å². The standard InChI is InChI=1S/C21H15N3O/c22-21(25)20-14-7-2-1-6-13(14)19-15(8-5-9-16(19)20)17-12-24-11-4-3-10-18(24)23-17/h1-12,20H,(H2,22,25)/t20-/m1/s1. The van der Waals surface area contributed by atoms with Crippen molar-refractivity contribution in [3.8, 4) is 22.4 Å². The number of primary amides is 1. The molecule has 0 aliphatic heterocycles. The number of aromatic nitrogens is 2. The number of amides is 1. The summed E-state index contributed by atoms with van der Waals surface area (Å²) in [5.74, 6) is -0.721. The Balaban J connectivity index is 1.82. The van der Waals surface area contributed by atoms with Crippen LogP contribution in [0.3, 0.4) is 0 Å². The maximum atomic E-state index is 12.1. The number of pyridine rings is 1. The average molecular weight is 325 g/mol. The van der Waals surface area contributed by atoms with E-state index in [2.05, 4.69) is 12.1 Å². The van der Waals surface area contributed by atoms with Gasteiger partial charge in [0.05, 0.1) is 11.6 Å². The average Bonchev–Trinajstić information content (AvgIpc) is 3.20. The van der Waals surface area contributed by atoms with Gasteiger partial charge in [-0.15, -0.1) is 0 Å². The molecule has 4 nitrogen and oxygen atoms in total. The van der Waals surface area contributed by atoms with E-state index in [-0.39, 0.29) is 5.91 Å². The maximum Gasteiger partial charge on any atom is 0.229 e. The summed E-state index contributed by atoms with van der Waals surface area (Å²) in [6.45, 7) is 0. The Hall–Kier alpha value is -3.40. The lowest BCUT2D eigenvalue weighted by Gasteiger charge is -2.09. The fraction of sp³-hybridized carbons (Fsp3) is 0.0476. The SMILES string of the molecule is NC(=O)[C@@H]1c2ccccc2-c2c(-c3cn4ccccc4n3)cccc21. The highest BCUT2D eigenvalue weighted by molar-refractivity contribution is 5.99.